The van der Waals surface area contributed by atoms with E-state index in [1.54, 1.807) is 0 Å². The molecular weight excluding hydrogens is 266 g/mol. The lowest BCUT2D eigenvalue weighted by Gasteiger charge is -2.22. The Morgan fingerprint density at radius 1 is 1.29 bits per heavy atom. The molecule has 1 aromatic rings. The molecule has 1 unspecified atom stereocenters. The van der Waals surface area contributed by atoms with E-state index in [1.807, 2.05) is 0 Å². The van der Waals surface area contributed by atoms with Crippen LogP contribution >= 0.6 is 0 Å². The number of nitrogens with one attached hydrogen (secondary N) is 1. The third-order valence-electron chi connectivity index (χ3n) is 3.70. The third-order valence-corrected chi connectivity index (χ3v) is 3.70. The Bertz CT molecular complexity index is 436. The normalized spacial score (nSPS) is 18.7. The van der Waals surface area contributed by atoms with Crippen LogP contribution in [0.3, 0.4) is 0 Å². The zero-order valence-corrected chi connectivity index (χ0v) is 12.9. The number of aryl methyl sites for hydroxylation is 1. The number of hydrogen-bond acceptors (Lipinski definition) is 3. The lowest BCUT2D eigenvalue weighted by atomic mass is 10.0. The smallest absolute Gasteiger partial charge is 0.251 e. The fourth-order valence-corrected chi connectivity index (χ4v) is 2.33. The van der Waals surface area contributed by atoms with Crippen LogP contribution < -0.4 is 5.32 Å². The second-order valence-corrected chi connectivity index (χ2v) is 5.73. The molecule has 1 amide bonds. The van der Waals surface area contributed by atoms with Gasteiger partial charge in [0.15, 0.2) is 6.10 Å². The van der Waals surface area contributed by atoms with Gasteiger partial charge in [-0.1, -0.05) is 38.1 Å². The van der Waals surface area contributed by atoms with E-state index < -0.39 is 6.10 Å². The predicted molar refractivity (Wildman–Crippen MR) is 82.4 cm³/mol. The topological polar surface area (TPSA) is 47.6 Å². The van der Waals surface area contributed by atoms with Crippen LogP contribution in [-0.2, 0) is 20.7 Å². The van der Waals surface area contributed by atoms with E-state index in [9.17, 15) is 4.79 Å². The molecule has 4 heteroatoms. The summed E-state index contributed by atoms with van der Waals surface area (Å²) in [6, 6.07) is 8.72. The van der Waals surface area contributed by atoms with Gasteiger partial charge >= 0.3 is 0 Å². The van der Waals surface area contributed by atoms with Crippen molar-refractivity contribution in [1.82, 2.24) is 5.32 Å². The molecule has 0 saturated carbocycles. The lowest BCUT2D eigenvalue weighted by Crippen LogP contribution is -2.43. The highest BCUT2D eigenvalue weighted by molar-refractivity contribution is 5.80. The van der Waals surface area contributed by atoms with Crippen molar-refractivity contribution < 1.29 is 14.3 Å². The standard InChI is InChI=1S/C17H25NO3/c1-13(2)15-7-5-14(6-8-15)4-3-9-18-17(19)16-12-20-10-11-21-16/h5-8,13,16H,3-4,9-12H2,1-2H3,(H,18,19). The summed E-state index contributed by atoms with van der Waals surface area (Å²) in [6.45, 7) is 6.51. The molecule has 0 radical (unpaired) electrons. The van der Waals surface area contributed by atoms with Gasteiger partial charge in [-0.2, -0.15) is 0 Å². The minimum atomic E-state index is -0.441. The lowest BCUT2D eigenvalue weighted by molar-refractivity contribution is -0.147. The van der Waals surface area contributed by atoms with E-state index in [-0.39, 0.29) is 5.91 Å². The van der Waals surface area contributed by atoms with Crippen molar-refractivity contribution in [3.63, 3.8) is 0 Å². The van der Waals surface area contributed by atoms with E-state index in [2.05, 4.69) is 43.4 Å². The van der Waals surface area contributed by atoms with Gasteiger partial charge in [0, 0.05) is 6.54 Å². The van der Waals surface area contributed by atoms with Gasteiger partial charge in [-0.15, -0.1) is 0 Å². The van der Waals surface area contributed by atoms with Gasteiger partial charge in [-0.3, -0.25) is 4.79 Å². The van der Waals surface area contributed by atoms with Crippen LogP contribution in [0.2, 0.25) is 0 Å². The SMILES string of the molecule is CC(C)c1ccc(CCCNC(=O)C2COCCO2)cc1. The molecule has 1 fully saturated rings. The maximum absolute atomic E-state index is 11.8. The van der Waals surface area contributed by atoms with E-state index in [0.717, 1.165) is 12.8 Å². The molecule has 1 aliphatic rings. The first-order valence-electron chi connectivity index (χ1n) is 7.72. The van der Waals surface area contributed by atoms with E-state index in [0.29, 0.717) is 32.3 Å². The second-order valence-electron chi connectivity index (χ2n) is 5.73. The molecule has 0 spiro atoms. The van der Waals surface area contributed by atoms with Crippen molar-refractivity contribution in [2.24, 2.45) is 0 Å². The number of carbonyl (C=O) groups excluding carboxylic acids is 1. The van der Waals surface area contributed by atoms with Crippen molar-refractivity contribution >= 4 is 5.91 Å². The molecular formula is C17H25NO3. The average molecular weight is 291 g/mol. The number of ether oxygens (including phenoxy) is 2. The number of amides is 1. The highest BCUT2D eigenvalue weighted by Crippen LogP contribution is 2.15. The molecule has 1 aromatic carbocycles. The monoisotopic (exact) mass is 291 g/mol. The van der Waals surface area contributed by atoms with E-state index in [1.165, 1.54) is 11.1 Å². The van der Waals surface area contributed by atoms with Crippen molar-refractivity contribution in [1.29, 1.82) is 0 Å². The van der Waals surface area contributed by atoms with Gasteiger partial charge in [-0.25, -0.2) is 0 Å². The highest BCUT2D eigenvalue weighted by atomic mass is 16.6. The van der Waals surface area contributed by atoms with Gasteiger partial charge in [0.05, 0.1) is 19.8 Å². The molecule has 0 aromatic heterocycles. The summed E-state index contributed by atoms with van der Waals surface area (Å²) in [7, 11) is 0. The maximum atomic E-state index is 11.8. The molecule has 1 saturated heterocycles. The fraction of sp³-hybridized carbons (Fsp3) is 0.588. The van der Waals surface area contributed by atoms with Gasteiger partial charge in [0.1, 0.15) is 0 Å². The number of carbonyl (C=O) groups is 1. The first-order valence-corrected chi connectivity index (χ1v) is 7.72. The summed E-state index contributed by atoms with van der Waals surface area (Å²) in [5.41, 5.74) is 2.67. The Labute approximate surface area is 126 Å². The van der Waals surface area contributed by atoms with Crippen LogP contribution in [0.15, 0.2) is 24.3 Å². The van der Waals surface area contributed by atoms with Crippen LogP contribution in [0.5, 0.6) is 0 Å². The molecule has 2 rings (SSSR count). The van der Waals surface area contributed by atoms with Crippen LogP contribution in [0.25, 0.3) is 0 Å². The summed E-state index contributed by atoms with van der Waals surface area (Å²) in [6.07, 6.45) is 1.46. The molecule has 0 aliphatic carbocycles. The average Bonchev–Trinajstić information content (AvgIpc) is 2.52. The summed E-state index contributed by atoms with van der Waals surface area (Å²) in [5.74, 6) is 0.501. The van der Waals surface area contributed by atoms with Gasteiger partial charge in [0.2, 0.25) is 0 Å². The van der Waals surface area contributed by atoms with E-state index in [4.69, 9.17) is 9.47 Å². The molecule has 1 heterocycles. The minimum absolute atomic E-state index is 0.0649. The Kier molecular flexibility index (Phi) is 6.21. The van der Waals surface area contributed by atoms with Crippen LogP contribution in [0, 0.1) is 0 Å². The highest BCUT2D eigenvalue weighted by Gasteiger charge is 2.21. The maximum Gasteiger partial charge on any atom is 0.251 e. The number of rotatable bonds is 6. The number of benzene rings is 1. The van der Waals surface area contributed by atoms with Crippen LogP contribution in [0.4, 0.5) is 0 Å². The molecule has 1 aliphatic heterocycles. The van der Waals surface area contributed by atoms with E-state index >= 15 is 0 Å². The summed E-state index contributed by atoms with van der Waals surface area (Å²) >= 11 is 0. The predicted octanol–water partition coefficient (Wildman–Crippen LogP) is 2.27. The Balaban J connectivity index is 1.66. The Morgan fingerprint density at radius 2 is 2.05 bits per heavy atom. The van der Waals surface area contributed by atoms with Crippen LogP contribution in [0.1, 0.15) is 37.3 Å². The number of hydrogen-bond donors (Lipinski definition) is 1. The fourth-order valence-electron chi connectivity index (χ4n) is 2.33. The first-order chi connectivity index (χ1) is 10.2. The summed E-state index contributed by atoms with van der Waals surface area (Å²) in [4.78, 5) is 11.8. The minimum Gasteiger partial charge on any atom is -0.376 e. The molecule has 0 bridgehead atoms. The Morgan fingerprint density at radius 3 is 2.67 bits per heavy atom. The van der Waals surface area contributed by atoms with Crippen molar-refractivity contribution in [3.8, 4) is 0 Å². The van der Waals surface area contributed by atoms with Gasteiger partial charge < -0.3 is 14.8 Å². The molecule has 4 nitrogen and oxygen atoms in total. The summed E-state index contributed by atoms with van der Waals surface area (Å²) in [5, 5.41) is 2.91. The van der Waals surface area contributed by atoms with Crippen molar-refractivity contribution in [3.05, 3.63) is 35.4 Å². The first kappa shape index (κ1) is 16.0. The van der Waals surface area contributed by atoms with Crippen LogP contribution in [-0.4, -0.2) is 38.4 Å². The van der Waals surface area contributed by atoms with Gasteiger partial charge in [0.25, 0.3) is 5.91 Å². The quantitative estimate of drug-likeness (QED) is 0.818. The zero-order chi connectivity index (χ0) is 15.1. The van der Waals surface area contributed by atoms with Crippen molar-refractivity contribution in [2.75, 3.05) is 26.4 Å². The summed E-state index contributed by atoms with van der Waals surface area (Å²) < 4.78 is 10.6. The zero-order valence-electron chi connectivity index (χ0n) is 12.9. The Hall–Kier alpha value is -1.39. The third kappa shape index (κ3) is 5.14. The molecule has 21 heavy (non-hydrogen) atoms. The molecule has 1 atom stereocenters. The second kappa shape index (κ2) is 8.15. The van der Waals surface area contributed by atoms with Gasteiger partial charge in [-0.05, 0) is 29.9 Å². The molecule has 1 N–H and O–H groups in total. The molecule has 116 valence electrons. The largest absolute Gasteiger partial charge is 0.376 e. The van der Waals surface area contributed by atoms with Crippen molar-refractivity contribution in [2.45, 2.75) is 38.7 Å².